The fraction of sp³-hybridized carbons (Fsp3) is 0. The molecule has 0 aliphatic rings. The van der Waals surface area contributed by atoms with Gasteiger partial charge in [-0.25, -0.2) is 0 Å². The summed E-state index contributed by atoms with van der Waals surface area (Å²) in [7, 11) is 1.55. The number of halogens is 1. The predicted molar refractivity (Wildman–Crippen MR) is 37.5 cm³/mol. The molecule has 0 unspecified atom stereocenters. The number of hydrogen-bond acceptors (Lipinski definition) is 1. The van der Waals surface area contributed by atoms with Gasteiger partial charge in [0, 0.05) is 0 Å². The molecule has 48 valence electrons. The van der Waals surface area contributed by atoms with E-state index in [9.17, 15) is 4.39 Å². The zero-order valence-corrected chi connectivity index (χ0v) is 5.17. The summed E-state index contributed by atoms with van der Waals surface area (Å²) in [6.45, 7) is 0. The Labute approximate surface area is 57.7 Å². The van der Waals surface area contributed by atoms with Crippen LogP contribution in [0.2, 0.25) is 0 Å². The van der Waals surface area contributed by atoms with Crippen LogP contribution in [0.4, 0.5) is 4.39 Å². The molecule has 0 amide bonds. The molecule has 10 heavy (non-hydrogen) atoms. The Bertz CT molecular complexity index is 355. The van der Waals surface area contributed by atoms with Crippen LogP contribution in [0.3, 0.4) is 0 Å². The van der Waals surface area contributed by atoms with Crippen LogP contribution in [0.1, 0.15) is 0 Å². The first-order valence-corrected chi connectivity index (χ1v) is 2.99. The molecule has 1 nitrogen and oxygen atoms in total. The summed E-state index contributed by atoms with van der Waals surface area (Å²) in [5, 5.41) is 0.806. The molecule has 1 heterocycles. The van der Waals surface area contributed by atoms with Crippen LogP contribution in [0.15, 0.2) is 28.5 Å². The van der Waals surface area contributed by atoms with Crippen molar-refractivity contribution in [1.29, 1.82) is 0 Å². The van der Waals surface area contributed by atoms with Gasteiger partial charge in [0.1, 0.15) is 0 Å². The first kappa shape index (κ1) is 5.65. The summed E-state index contributed by atoms with van der Waals surface area (Å²) in [6.07, 6.45) is 0. The molecular formula is C7H4BFO. The standard InChI is InChI=1S/C7H4BFO/c9-6-1-2-7-5(3-6)4-8-10-7/h1-4H. The second kappa shape index (κ2) is 1.94. The van der Waals surface area contributed by atoms with Crippen molar-refractivity contribution in [1.82, 2.24) is 0 Å². The van der Waals surface area contributed by atoms with E-state index in [1.54, 1.807) is 19.2 Å². The van der Waals surface area contributed by atoms with E-state index in [2.05, 4.69) is 0 Å². The summed E-state index contributed by atoms with van der Waals surface area (Å²) in [5.41, 5.74) is 0.724. The number of benzene rings is 1. The molecule has 1 aromatic heterocycles. The zero-order valence-electron chi connectivity index (χ0n) is 5.17. The van der Waals surface area contributed by atoms with Crippen LogP contribution < -0.4 is 0 Å². The van der Waals surface area contributed by atoms with Crippen molar-refractivity contribution in [3.05, 3.63) is 30.0 Å². The number of rotatable bonds is 0. The minimum absolute atomic E-state index is 0.228. The molecule has 0 bridgehead atoms. The summed E-state index contributed by atoms with van der Waals surface area (Å²) in [6, 6.07) is 4.44. The van der Waals surface area contributed by atoms with Crippen molar-refractivity contribution in [3.63, 3.8) is 0 Å². The second-order valence-corrected chi connectivity index (χ2v) is 2.10. The summed E-state index contributed by atoms with van der Waals surface area (Å²) in [5.74, 6) is 1.51. The van der Waals surface area contributed by atoms with Crippen molar-refractivity contribution >= 4 is 18.1 Å². The number of fused-ring (bicyclic) bond motifs is 1. The molecule has 0 N–H and O–H groups in total. The van der Waals surface area contributed by atoms with E-state index in [4.69, 9.17) is 4.33 Å². The van der Waals surface area contributed by atoms with E-state index in [-0.39, 0.29) is 5.82 Å². The molecule has 0 spiro atoms. The van der Waals surface area contributed by atoms with Gasteiger partial charge in [-0.05, 0) is 0 Å². The Balaban J connectivity index is 2.86. The van der Waals surface area contributed by atoms with Crippen molar-refractivity contribution < 1.29 is 8.72 Å². The molecular weight excluding hydrogens is 130 g/mol. The quantitative estimate of drug-likeness (QED) is 0.536. The van der Waals surface area contributed by atoms with E-state index in [1.165, 1.54) is 12.1 Å². The van der Waals surface area contributed by atoms with Gasteiger partial charge in [0.25, 0.3) is 0 Å². The Kier molecular flexibility index (Phi) is 1.10. The van der Waals surface area contributed by atoms with Crippen molar-refractivity contribution in [2.75, 3.05) is 0 Å². The van der Waals surface area contributed by atoms with Crippen LogP contribution in [0, 0.1) is 5.82 Å². The summed E-state index contributed by atoms with van der Waals surface area (Å²) >= 11 is 0. The first-order chi connectivity index (χ1) is 4.86. The van der Waals surface area contributed by atoms with Gasteiger partial charge in [0.05, 0.1) is 0 Å². The summed E-state index contributed by atoms with van der Waals surface area (Å²) < 4.78 is 17.5. The third-order valence-corrected chi connectivity index (χ3v) is 1.41. The molecule has 1 aromatic carbocycles. The van der Waals surface area contributed by atoms with Gasteiger partial charge in [-0.15, -0.1) is 0 Å². The SMILES string of the molecule is Fc1ccc2obcc2c1. The normalized spacial score (nSPS) is 10.1. The Morgan fingerprint density at radius 2 is 2.30 bits per heavy atom. The molecule has 0 atom stereocenters. The van der Waals surface area contributed by atoms with Crippen LogP contribution in [-0.4, -0.2) is 7.13 Å². The van der Waals surface area contributed by atoms with E-state index >= 15 is 0 Å². The fourth-order valence-electron chi connectivity index (χ4n) is 0.938. The topological polar surface area (TPSA) is 13.1 Å². The Hall–Kier alpha value is -1.12. The van der Waals surface area contributed by atoms with Gasteiger partial charge < -0.3 is 0 Å². The van der Waals surface area contributed by atoms with E-state index in [0.29, 0.717) is 0 Å². The van der Waals surface area contributed by atoms with E-state index < -0.39 is 0 Å². The second-order valence-electron chi connectivity index (χ2n) is 2.10. The molecule has 0 saturated carbocycles. The third kappa shape index (κ3) is 0.745. The number of hydrogen-bond donors (Lipinski definition) is 0. The predicted octanol–water partition coefficient (Wildman–Crippen LogP) is 1.91. The molecule has 2 aromatic rings. The monoisotopic (exact) mass is 134 g/mol. The van der Waals surface area contributed by atoms with Gasteiger partial charge in [-0.2, -0.15) is 0 Å². The van der Waals surface area contributed by atoms with Crippen molar-refractivity contribution in [3.8, 4) is 0 Å². The summed E-state index contributed by atoms with van der Waals surface area (Å²) in [4.78, 5) is 0. The minimum atomic E-state index is -0.228. The van der Waals surface area contributed by atoms with Crippen LogP contribution in [0.5, 0.6) is 0 Å². The van der Waals surface area contributed by atoms with Crippen molar-refractivity contribution in [2.45, 2.75) is 0 Å². The van der Waals surface area contributed by atoms with Gasteiger partial charge in [-0.3, -0.25) is 0 Å². The molecule has 0 radical (unpaired) electrons. The Morgan fingerprint density at radius 1 is 1.40 bits per heavy atom. The molecule has 0 saturated heterocycles. The average molecular weight is 134 g/mol. The molecule has 3 heteroatoms. The molecule has 0 fully saturated rings. The van der Waals surface area contributed by atoms with Gasteiger partial charge in [0.15, 0.2) is 0 Å². The Morgan fingerprint density at radius 3 is 3.20 bits per heavy atom. The maximum absolute atomic E-state index is 12.5. The molecule has 0 aliphatic heterocycles. The van der Waals surface area contributed by atoms with Crippen LogP contribution in [0.25, 0.3) is 11.0 Å². The van der Waals surface area contributed by atoms with Gasteiger partial charge in [0.2, 0.25) is 0 Å². The fourth-order valence-corrected chi connectivity index (χ4v) is 0.938. The molecule has 2 rings (SSSR count). The maximum atomic E-state index is 12.5. The van der Waals surface area contributed by atoms with Crippen LogP contribution >= 0.6 is 0 Å². The zero-order chi connectivity index (χ0) is 6.97. The van der Waals surface area contributed by atoms with Crippen molar-refractivity contribution in [2.24, 2.45) is 0 Å². The van der Waals surface area contributed by atoms with Crippen LogP contribution in [-0.2, 0) is 0 Å². The third-order valence-electron chi connectivity index (χ3n) is 1.41. The van der Waals surface area contributed by atoms with E-state index in [1.807, 2.05) is 0 Å². The first-order valence-electron chi connectivity index (χ1n) is 2.99. The molecule has 0 aliphatic carbocycles. The van der Waals surface area contributed by atoms with Gasteiger partial charge >= 0.3 is 56.8 Å². The average Bonchev–Trinajstić information content (AvgIpc) is 2.33. The van der Waals surface area contributed by atoms with Gasteiger partial charge in [-0.1, -0.05) is 0 Å². The van der Waals surface area contributed by atoms with E-state index in [0.717, 1.165) is 11.0 Å².